The predicted octanol–water partition coefficient (Wildman–Crippen LogP) is 5.17. The molecule has 0 bridgehead atoms. The van der Waals surface area contributed by atoms with Gasteiger partial charge in [0, 0.05) is 0 Å². The Balaban J connectivity index is 1.87. The Morgan fingerprint density at radius 2 is 1.62 bits per heavy atom. The smallest absolute Gasteiger partial charge is 0.308 e. The molecule has 0 spiro atoms. The van der Waals surface area contributed by atoms with Crippen molar-refractivity contribution in [3.05, 3.63) is 65.7 Å². The minimum Gasteiger partial charge on any atom is -0.489 e. The number of esters is 1. The van der Waals surface area contributed by atoms with E-state index in [9.17, 15) is 9.90 Å². The molecular weight excluding hydrogens is 364 g/mol. The van der Waals surface area contributed by atoms with Crippen LogP contribution in [0.4, 0.5) is 0 Å². The molecule has 29 heavy (non-hydrogen) atoms. The maximum absolute atomic E-state index is 12.1. The van der Waals surface area contributed by atoms with Gasteiger partial charge < -0.3 is 14.6 Å². The number of hydrogen-bond donors (Lipinski definition) is 1. The Bertz CT molecular complexity index is 737. The van der Waals surface area contributed by atoms with Crippen LogP contribution in [0.15, 0.2) is 54.6 Å². The second-order valence-electron chi connectivity index (χ2n) is 8.43. The van der Waals surface area contributed by atoms with Crippen LogP contribution in [-0.4, -0.2) is 23.3 Å². The van der Waals surface area contributed by atoms with E-state index in [4.69, 9.17) is 9.47 Å². The topological polar surface area (TPSA) is 55.8 Å². The molecule has 0 saturated carbocycles. The van der Waals surface area contributed by atoms with E-state index in [1.54, 1.807) is 0 Å². The number of aryl methyl sites for hydroxylation is 1. The number of rotatable bonds is 11. The largest absolute Gasteiger partial charge is 0.489 e. The molecule has 4 nitrogen and oxygen atoms in total. The molecule has 0 aliphatic rings. The van der Waals surface area contributed by atoms with Crippen LogP contribution in [0.3, 0.4) is 0 Å². The number of aliphatic hydroxyl groups is 1. The fraction of sp³-hybridized carbons (Fsp3) is 0.480. The van der Waals surface area contributed by atoms with E-state index in [1.165, 1.54) is 0 Å². The van der Waals surface area contributed by atoms with Crippen molar-refractivity contribution in [3.63, 3.8) is 0 Å². The summed E-state index contributed by atoms with van der Waals surface area (Å²) in [7, 11) is 0. The molecular formula is C25H34O4. The quantitative estimate of drug-likeness (QED) is 0.530. The van der Waals surface area contributed by atoms with Gasteiger partial charge in [0.15, 0.2) is 0 Å². The van der Waals surface area contributed by atoms with Crippen LogP contribution in [-0.2, 0) is 22.6 Å². The molecule has 4 heteroatoms. The third kappa shape index (κ3) is 7.90. The first-order chi connectivity index (χ1) is 13.8. The molecule has 0 radical (unpaired) electrons. The van der Waals surface area contributed by atoms with Crippen molar-refractivity contribution in [1.29, 1.82) is 0 Å². The number of hydrogen-bond acceptors (Lipinski definition) is 4. The van der Waals surface area contributed by atoms with Crippen molar-refractivity contribution in [3.8, 4) is 5.75 Å². The molecule has 1 N–H and O–H groups in total. The Kier molecular flexibility index (Phi) is 8.71. The Morgan fingerprint density at radius 3 is 2.21 bits per heavy atom. The zero-order chi connectivity index (χ0) is 21.3. The molecule has 158 valence electrons. The Hall–Kier alpha value is -2.33. The molecule has 0 amide bonds. The van der Waals surface area contributed by atoms with Crippen LogP contribution < -0.4 is 4.74 Å². The summed E-state index contributed by atoms with van der Waals surface area (Å²) in [6.07, 6.45) is 1.21. The van der Waals surface area contributed by atoms with E-state index in [-0.39, 0.29) is 24.2 Å². The average Bonchev–Trinajstić information content (AvgIpc) is 2.70. The molecule has 1 unspecified atom stereocenters. The monoisotopic (exact) mass is 398 g/mol. The first kappa shape index (κ1) is 23.0. The van der Waals surface area contributed by atoms with Gasteiger partial charge in [-0.15, -0.1) is 0 Å². The summed E-state index contributed by atoms with van der Waals surface area (Å²) in [5.74, 6) is 0.727. The van der Waals surface area contributed by atoms with Crippen molar-refractivity contribution in [1.82, 2.24) is 0 Å². The number of carbonyl (C=O) groups is 1. The highest BCUT2D eigenvalue weighted by Gasteiger charge is 2.34. The van der Waals surface area contributed by atoms with E-state index in [2.05, 4.69) is 0 Å². The van der Waals surface area contributed by atoms with E-state index >= 15 is 0 Å². The lowest BCUT2D eigenvalue weighted by molar-refractivity contribution is -0.152. The van der Waals surface area contributed by atoms with E-state index < -0.39 is 5.60 Å². The average molecular weight is 399 g/mol. The number of carbonyl (C=O) groups excluding carboxylic acids is 1. The highest BCUT2D eigenvalue weighted by atomic mass is 16.5. The SMILES string of the molecule is CC(C)COC(=O)CC(O)(CCc1ccc(OCc2ccccc2)cc1)C(C)C. The minimum absolute atomic E-state index is 0.0235. The molecule has 0 aliphatic carbocycles. The zero-order valence-electron chi connectivity index (χ0n) is 18.1. The van der Waals surface area contributed by atoms with Gasteiger partial charge in [-0.1, -0.05) is 70.2 Å². The summed E-state index contributed by atoms with van der Waals surface area (Å²) in [4.78, 5) is 12.1. The lowest BCUT2D eigenvalue weighted by Crippen LogP contribution is -2.38. The molecule has 2 aromatic rings. The van der Waals surface area contributed by atoms with Gasteiger partial charge in [-0.05, 0) is 47.9 Å². The minimum atomic E-state index is -1.07. The van der Waals surface area contributed by atoms with Crippen molar-refractivity contribution < 1.29 is 19.4 Å². The summed E-state index contributed by atoms with van der Waals surface area (Å²) in [5.41, 5.74) is 1.16. The van der Waals surface area contributed by atoms with Gasteiger partial charge in [-0.25, -0.2) is 0 Å². The first-order valence-corrected chi connectivity index (χ1v) is 10.4. The highest BCUT2D eigenvalue weighted by Crippen LogP contribution is 2.28. The molecule has 2 aromatic carbocycles. The van der Waals surface area contributed by atoms with Crippen molar-refractivity contribution in [2.24, 2.45) is 11.8 Å². The van der Waals surface area contributed by atoms with Crippen molar-refractivity contribution in [2.45, 2.75) is 59.2 Å². The van der Waals surface area contributed by atoms with Gasteiger partial charge in [-0.3, -0.25) is 4.79 Å². The standard InChI is InChI=1S/C25H34O4/c1-19(2)17-29-24(26)16-25(27,20(3)4)15-14-21-10-12-23(13-11-21)28-18-22-8-6-5-7-9-22/h5-13,19-20,27H,14-18H2,1-4H3. The molecule has 0 fully saturated rings. The number of benzene rings is 2. The maximum atomic E-state index is 12.1. The van der Waals surface area contributed by atoms with Crippen LogP contribution in [0, 0.1) is 11.8 Å². The Morgan fingerprint density at radius 1 is 0.966 bits per heavy atom. The van der Waals surface area contributed by atoms with E-state index in [0.29, 0.717) is 26.1 Å². The molecule has 0 aliphatic heterocycles. The summed E-state index contributed by atoms with van der Waals surface area (Å²) < 4.78 is 11.1. The van der Waals surface area contributed by atoms with Crippen LogP contribution in [0.5, 0.6) is 5.75 Å². The van der Waals surface area contributed by atoms with Gasteiger partial charge in [0.25, 0.3) is 0 Å². The lowest BCUT2D eigenvalue weighted by Gasteiger charge is -2.31. The summed E-state index contributed by atoms with van der Waals surface area (Å²) in [6.45, 7) is 8.79. The second kappa shape index (κ2) is 11.0. The van der Waals surface area contributed by atoms with Crippen molar-refractivity contribution >= 4 is 5.97 Å². The zero-order valence-corrected chi connectivity index (χ0v) is 18.1. The first-order valence-electron chi connectivity index (χ1n) is 10.4. The molecule has 0 heterocycles. The van der Waals surface area contributed by atoms with Gasteiger partial charge in [0.05, 0.1) is 18.6 Å². The Labute approximate surface area is 174 Å². The molecule has 2 rings (SSSR count). The second-order valence-corrected chi connectivity index (χ2v) is 8.43. The summed E-state index contributed by atoms with van der Waals surface area (Å²) >= 11 is 0. The molecule has 1 atom stereocenters. The highest BCUT2D eigenvalue weighted by molar-refractivity contribution is 5.70. The predicted molar refractivity (Wildman–Crippen MR) is 116 cm³/mol. The third-order valence-electron chi connectivity index (χ3n) is 5.12. The third-order valence-corrected chi connectivity index (χ3v) is 5.12. The summed E-state index contributed by atoms with van der Waals surface area (Å²) in [5, 5.41) is 11.0. The normalized spacial score (nSPS) is 13.3. The van der Waals surface area contributed by atoms with Crippen LogP contribution in [0.1, 0.15) is 51.7 Å². The summed E-state index contributed by atoms with van der Waals surface area (Å²) in [6, 6.07) is 18.0. The van der Waals surface area contributed by atoms with Gasteiger partial charge in [0.2, 0.25) is 0 Å². The molecule has 0 aromatic heterocycles. The molecule has 0 saturated heterocycles. The van der Waals surface area contributed by atoms with Crippen LogP contribution >= 0.6 is 0 Å². The fourth-order valence-corrected chi connectivity index (χ4v) is 3.00. The van der Waals surface area contributed by atoms with Crippen LogP contribution in [0.25, 0.3) is 0 Å². The van der Waals surface area contributed by atoms with Gasteiger partial charge >= 0.3 is 5.97 Å². The van der Waals surface area contributed by atoms with E-state index in [1.807, 2.05) is 82.3 Å². The van der Waals surface area contributed by atoms with Gasteiger partial charge in [0.1, 0.15) is 12.4 Å². The number of ether oxygens (including phenoxy) is 2. The van der Waals surface area contributed by atoms with Gasteiger partial charge in [-0.2, -0.15) is 0 Å². The maximum Gasteiger partial charge on any atom is 0.308 e. The van der Waals surface area contributed by atoms with E-state index in [0.717, 1.165) is 16.9 Å². The fourth-order valence-electron chi connectivity index (χ4n) is 3.00. The lowest BCUT2D eigenvalue weighted by atomic mass is 9.82. The van der Waals surface area contributed by atoms with Crippen molar-refractivity contribution in [2.75, 3.05) is 6.61 Å². The van der Waals surface area contributed by atoms with Crippen LogP contribution in [0.2, 0.25) is 0 Å².